The molecule has 0 aromatic rings. The molecule has 2 rings (SSSR count). The average Bonchev–Trinajstić information content (AvgIpc) is 2.78. The summed E-state index contributed by atoms with van der Waals surface area (Å²) in [5.41, 5.74) is 2.69. The third-order valence-electron chi connectivity index (χ3n) is 1.74. The van der Waals surface area contributed by atoms with Gasteiger partial charge in [-0.15, -0.1) is 26.7 Å². The third-order valence-corrected chi connectivity index (χ3v) is 1.74. The van der Waals surface area contributed by atoms with E-state index in [0.717, 1.165) is 12.8 Å². The smallest absolute Gasteiger partial charge is 1.00 e. The molecule has 2 aliphatic carbocycles. The van der Waals surface area contributed by atoms with Crippen LogP contribution < -0.4 is 24.8 Å². The quantitative estimate of drug-likeness (QED) is 0.444. The van der Waals surface area contributed by atoms with Crippen molar-refractivity contribution in [3.05, 3.63) is 47.6 Å². The van der Waals surface area contributed by atoms with E-state index in [-0.39, 0.29) is 24.8 Å². The van der Waals surface area contributed by atoms with Gasteiger partial charge >= 0.3 is 41.3 Å². The summed E-state index contributed by atoms with van der Waals surface area (Å²) in [4.78, 5) is 0. The van der Waals surface area contributed by atoms with Gasteiger partial charge < -0.3 is 24.8 Å². The Bertz CT molecular complexity index is 299. The molecule has 0 N–H and O–H groups in total. The molecule has 0 nitrogen and oxygen atoms in total. The van der Waals surface area contributed by atoms with Gasteiger partial charge in [-0.25, -0.2) is 23.3 Å². The number of allylic oxidation sites excluding steroid dienone is 8. The van der Waals surface area contributed by atoms with Gasteiger partial charge in [-0.2, -0.15) is 12.2 Å². The molecule has 0 amide bonds. The SMILES string of the molecule is CC1=CC[C-]=C1.CC1=CC[C-]=C1.C[C](C)=[Zr+2].[Cl-].[Cl-]. The van der Waals surface area contributed by atoms with Crippen molar-refractivity contribution in [2.75, 3.05) is 0 Å². The van der Waals surface area contributed by atoms with Crippen LogP contribution in [0.4, 0.5) is 0 Å². The van der Waals surface area contributed by atoms with Gasteiger partial charge in [-0.3, -0.25) is 12.2 Å². The zero-order chi connectivity index (χ0) is 12.4. The van der Waals surface area contributed by atoms with Gasteiger partial charge in [0, 0.05) is 0 Å². The normalized spacial score (nSPS) is 13.9. The van der Waals surface area contributed by atoms with Crippen molar-refractivity contribution in [1.82, 2.24) is 0 Å². The average molecular weight is 362 g/mol. The number of rotatable bonds is 0. The minimum atomic E-state index is 0. The molecular formula is C15H20Cl2Zr-2. The van der Waals surface area contributed by atoms with E-state index in [4.69, 9.17) is 0 Å². The van der Waals surface area contributed by atoms with Crippen molar-refractivity contribution in [2.24, 2.45) is 0 Å². The van der Waals surface area contributed by atoms with Gasteiger partial charge in [-0.1, -0.05) is 0 Å². The van der Waals surface area contributed by atoms with Gasteiger partial charge in [-0.05, 0) is 0 Å². The molecule has 0 aliphatic heterocycles. The molecular weight excluding hydrogens is 342 g/mol. The molecule has 0 bridgehead atoms. The molecule has 0 radical (unpaired) electrons. The summed E-state index contributed by atoms with van der Waals surface area (Å²) in [6, 6.07) is 0. The van der Waals surface area contributed by atoms with E-state index < -0.39 is 0 Å². The first-order valence-electron chi connectivity index (χ1n) is 5.51. The summed E-state index contributed by atoms with van der Waals surface area (Å²) in [6.45, 7) is 8.41. The van der Waals surface area contributed by atoms with E-state index >= 15 is 0 Å². The fraction of sp³-hybridized carbons (Fsp3) is 0.400. The summed E-state index contributed by atoms with van der Waals surface area (Å²) in [5.74, 6) is 0. The van der Waals surface area contributed by atoms with Crippen molar-refractivity contribution in [3.8, 4) is 0 Å². The minimum Gasteiger partial charge on any atom is -1.00 e. The monoisotopic (exact) mass is 360 g/mol. The largest absolute Gasteiger partial charge is 1.00 e. The molecule has 0 aromatic heterocycles. The second-order valence-corrected chi connectivity index (χ2v) is 6.46. The predicted octanol–water partition coefficient (Wildman–Crippen LogP) is -1.86. The first kappa shape index (κ1) is 23.4. The maximum atomic E-state index is 3.05. The van der Waals surface area contributed by atoms with Crippen LogP contribution in [-0.2, 0) is 24.2 Å². The predicted molar refractivity (Wildman–Crippen MR) is 68.7 cm³/mol. The summed E-state index contributed by atoms with van der Waals surface area (Å²) in [6.07, 6.45) is 16.5. The Morgan fingerprint density at radius 2 is 1.22 bits per heavy atom. The van der Waals surface area contributed by atoms with Crippen LogP contribution in [0.5, 0.6) is 0 Å². The molecule has 18 heavy (non-hydrogen) atoms. The summed E-state index contributed by atoms with van der Waals surface area (Å²) in [5, 5.41) is 0. The molecule has 100 valence electrons. The second kappa shape index (κ2) is 15.4. The number of hydrogen-bond acceptors (Lipinski definition) is 0. The molecule has 0 heterocycles. The Hall–Kier alpha value is 0.293. The Morgan fingerprint density at radius 1 is 0.944 bits per heavy atom. The van der Waals surface area contributed by atoms with Crippen molar-refractivity contribution in [2.45, 2.75) is 40.5 Å². The van der Waals surface area contributed by atoms with E-state index in [1.54, 1.807) is 24.2 Å². The van der Waals surface area contributed by atoms with Gasteiger partial charge in [0.15, 0.2) is 0 Å². The molecule has 0 unspecified atom stereocenters. The maximum absolute atomic E-state index is 3.05. The molecule has 0 aromatic carbocycles. The van der Waals surface area contributed by atoms with Gasteiger partial charge in [0.2, 0.25) is 0 Å². The van der Waals surface area contributed by atoms with E-state index in [1.165, 1.54) is 14.4 Å². The Balaban J connectivity index is -0.000000182. The van der Waals surface area contributed by atoms with E-state index in [1.807, 2.05) is 12.2 Å². The van der Waals surface area contributed by atoms with E-state index in [9.17, 15) is 0 Å². The molecule has 3 heteroatoms. The van der Waals surface area contributed by atoms with E-state index in [2.05, 4.69) is 52.0 Å². The second-order valence-electron chi connectivity index (χ2n) is 4.00. The zero-order valence-electron chi connectivity index (χ0n) is 11.5. The summed E-state index contributed by atoms with van der Waals surface area (Å²) < 4.78 is 1.51. The third kappa shape index (κ3) is 18.7. The number of halogens is 2. The molecule has 0 saturated carbocycles. The molecule has 0 fully saturated rings. The van der Waals surface area contributed by atoms with Crippen molar-refractivity contribution >= 4 is 3.21 Å². The molecule has 0 spiro atoms. The van der Waals surface area contributed by atoms with Gasteiger partial charge in [0.05, 0.1) is 0 Å². The van der Waals surface area contributed by atoms with E-state index in [0.29, 0.717) is 0 Å². The number of hydrogen-bond donors (Lipinski definition) is 0. The maximum Gasteiger partial charge on any atom is -1.00 e. The summed E-state index contributed by atoms with van der Waals surface area (Å²) in [7, 11) is 0. The van der Waals surface area contributed by atoms with Crippen molar-refractivity contribution in [1.29, 1.82) is 0 Å². The Morgan fingerprint density at radius 3 is 1.28 bits per heavy atom. The van der Waals surface area contributed by atoms with Crippen molar-refractivity contribution < 1.29 is 49.0 Å². The minimum absolute atomic E-state index is 0. The molecule has 0 atom stereocenters. The van der Waals surface area contributed by atoms with Crippen LogP contribution in [-0.4, -0.2) is 3.21 Å². The fourth-order valence-corrected chi connectivity index (χ4v) is 0.998. The Labute approximate surface area is 139 Å². The van der Waals surface area contributed by atoms with Gasteiger partial charge in [0.25, 0.3) is 0 Å². The zero-order valence-corrected chi connectivity index (χ0v) is 15.4. The van der Waals surface area contributed by atoms with Gasteiger partial charge in [0.1, 0.15) is 0 Å². The molecule has 0 saturated heterocycles. The van der Waals surface area contributed by atoms with Crippen LogP contribution in [0.3, 0.4) is 0 Å². The van der Waals surface area contributed by atoms with Crippen LogP contribution in [0.15, 0.2) is 35.5 Å². The first-order valence-corrected chi connectivity index (χ1v) is 6.73. The van der Waals surface area contributed by atoms with Crippen LogP contribution in [0, 0.1) is 12.2 Å². The summed E-state index contributed by atoms with van der Waals surface area (Å²) >= 11 is 1.55. The van der Waals surface area contributed by atoms with Crippen LogP contribution in [0.1, 0.15) is 40.5 Å². The van der Waals surface area contributed by atoms with Crippen molar-refractivity contribution in [3.63, 3.8) is 0 Å². The van der Waals surface area contributed by atoms with Crippen LogP contribution in [0.2, 0.25) is 0 Å². The first-order chi connectivity index (χ1) is 7.52. The topological polar surface area (TPSA) is 0 Å². The van der Waals surface area contributed by atoms with Crippen LogP contribution in [0.25, 0.3) is 0 Å². The standard InChI is InChI=1S/2C6H7.C3H6.2ClH.Zr/c2*1-6-4-2-3-5-6;1-3-2;;;/h2*4-5H,2H2,1H3;1-2H3;2*1H;/q2*-1;;;;+2/p-2. The van der Waals surface area contributed by atoms with Crippen LogP contribution >= 0.6 is 0 Å². The fourth-order valence-electron chi connectivity index (χ4n) is 0.998. The molecule has 2 aliphatic rings. The Kier molecular flexibility index (Phi) is 19.9.